The summed E-state index contributed by atoms with van der Waals surface area (Å²) in [4.78, 5) is 15.9. The second kappa shape index (κ2) is 6.14. The van der Waals surface area contributed by atoms with Gasteiger partial charge in [0.2, 0.25) is 0 Å². The van der Waals surface area contributed by atoms with E-state index in [0.717, 1.165) is 22.4 Å². The molecule has 0 aliphatic carbocycles. The van der Waals surface area contributed by atoms with Crippen LogP contribution in [0.15, 0.2) is 42.6 Å². The van der Waals surface area contributed by atoms with Crippen molar-refractivity contribution in [1.29, 1.82) is 0 Å². The van der Waals surface area contributed by atoms with Crippen molar-refractivity contribution in [2.45, 2.75) is 26.9 Å². The van der Waals surface area contributed by atoms with Crippen LogP contribution < -0.4 is 0 Å². The number of nitrogens with zero attached hydrogens (tertiary/aromatic N) is 1. The first kappa shape index (κ1) is 13.3. The second-order valence-electron chi connectivity index (χ2n) is 4.63. The third-order valence-electron chi connectivity index (χ3n) is 2.80. The van der Waals surface area contributed by atoms with E-state index >= 15 is 0 Å². The van der Waals surface area contributed by atoms with Crippen LogP contribution >= 0.6 is 0 Å². The summed E-state index contributed by atoms with van der Waals surface area (Å²) in [7, 11) is 0. The number of hydrogen-bond acceptors (Lipinski definition) is 3. The van der Waals surface area contributed by atoms with Crippen LogP contribution in [0, 0.1) is 13.8 Å². The van der Waals surface area contributed by atoms with Gasteiger partial charge in [0.05, 0.1) is 6.42 Å². The molecule has 0 saturated heterocycles. The molecule has 0 saturated carbocycles. The molecule has 0 radical (unpaired) electrons. The molecule has 0 spiro atoms. The Labute approximate surface area is 113 Å². The first-order valence-electron chi connectivity index (χ1n) is 6.26. The third-order valence-corrected chi connectivity index (χ3v) is 2.80. The van der Waals surface area contributed by atoms with Crippen molar-refractivity contribution < 1.29 is 9.53 Å². The van der Waals surface area contributed by atoms with Gasteiger partial charge >= 0.3 is 5.97 Å². The van der Waals surface area contributed by atoms with Crippen LogP contribution in [0.25, 0.3) is 0 Å². The lowest BCUT2D eigenvalue weighted by molar-refractivity contribution is -0.144. The largest absolute Gasteiger partial charge is 0.461 e. The van der Waals surface area contributed by atoms with E-state index < -0.39 is 0 Å². The quantitative estimate of drug-likeness (QED) is 0.788. The molecular weight excluding hydrogens is 238 g/mol. The minimum atomic E-state index is -0.229. The van der Waals surface area contributed by atoms with Gasteiger partial charge in [-0.1, -0.05) is 35.9 Å². The summed E-state index contributed by atoms with van der Waals surface area (Å²) in [6.45, 7) is 4.25. The van der Waals surface area contributed by atoms with E-state index in [9.17, 15) is 4.79 Å². The van der Waals surface area contributed by atoms with Crippen LogP contribution in [0.2, 0.25) is 0 Å². The first-order chi connectivity index (χ1) is 9.13. The maximum atomic E-state index is 11.7. The Balaban J connectivity index is 1.86. The van der Waals surface area contributed by atoms with E-state index in [0.29, 0.717) is 6.61 Å². The standard InChI is InChI=1S/C16H17NO2/c1-12-4-3-5-15(8-12)11-19-16(18)9-14-7-6-13(2)17-10-14/h3-8,10H,9,11H2,1-2H3. The lowest BCUT2D eigenvalue weighted by Crippen LogP contribution is -2.08. The van der Waals surface area contributed by atoms with Gasteiger partial charge in [0.1, 0.15) is 6.61 Å². The summed E-state index contributed by atoms with van der Waals surface area (Å²) < 4.78 is 5.25. The van der Waals surface area contributed by atoms with E-state index in [1.165, 1.54) is 0 Å². The minimum Gasteiger partial charge on any atom is -0.461 e. The zero-order valence-corrected chi connectivity index (χ0v) is 11.2. The second-order valence-corrected chi connectivity index (χ2v) is 4.63. The lowest BCUT2D eigenvalue weighted by atomic mass is 10.1. The molecule has 1 heterocycles. The molecule has 0 unspecified atom stereocenters. The van der Waals surface area contributed by atoms with Crippen molar-refractivity contribution in [3.8, 4) is 0 Å². The van der Waals surface area contributed by atoms with Gasteiger partial charge in [-0.25, -0.2) is 0 Å². The van der Waals surface area contributed by atoms with E-state index in [2.05, 4.69) is 4.98 Å². The fourth-order valence-corrected chi connectivity index (χ4v) is 1.79. The average Bonchev–Trinajstić information content (AvgIpc) is 2.39. The molecule has 1 aromatic heterocycles. The third kappa shape index (κ3) is 4.21. The Kier molecular flexibility index (Phi) is 4.29. The molecule has 0 aliphatic rings. The van der Waals surface area contributed by atoms with Crippen molar-refractivity contribution in [2.75, 3.05) is 0 Å². The molecule has 0 aliphatic heterocycles. The molecule has 98 valence electrons. The summed E-state index contributed by atoms with van der Waals surface area (Å²) >= 11 is 0. The average molecular weight is 255 g/mol. The molecule has 1 aromatic carbocycles. The Morgan fingerprint density at radius 2 is 2.00 bits per heavy atom. The van der Waals surface area contributed by atoms with Crippen molar-refractivity contribution in [3.63, 3.8) is 0 Å². The zero-order chi connectivity index (χ0) is 13.7. The number of pyridine rings is 1. The fourth-order valence-electron chi connectivity index (χ4n) is 1.79. The van der Waals surface area contributed by atoms with Crippen LogP contribution in [0.4, 0.5) is 0 Å². The van der Waals surface area contributed by atoms with Gasteiger partial charge in [0.25, 0.3) is 0 Å². The predicted molar refractivity (Wildman–Crippen MR) is 73.7 cm³/mol. The summed E-state index contributed by atoms with van der Waals surface area (Å²) in [5.74, 6) is -0.229. The number of carbonyl (C=O) groups excluding carboxylic acids is 1. The maximum absolute atomic E-state index is 11.7. The highest BCUT2D eigenvalue weighted by atomic mass is 16.5. The van der Waals surface area contributed by atoms with E-state index in [1.807, 2.05) is 50.2 Å². The smallest absolute Gasteiger partial charge is 0.310 e. The normalized spacial score (nSPS) is 10.2. The Bertz CT molecular complexity index is 561. The van der Waals surface area contributed by atoms with Crippen LogP contribution in [0.3, 0.4) is 0 Å². The number of aryl methyl sites for hydroxylation is 2. The molecule has 0 amide bonds. The van der Waals surface area contributed by atoms with Gasteiger partial charge in [-0.15, -0.1) is 0 Å². The molecule has 0 fully saturated rings. The molecular formula is C16H17NO2. The summed E-state index contributed by atoms with van der Waals surface area (Å²) in [5.41, 5.74) is 3.99. The molecule has 3 heteroatoms. The van der Waals surface area contributed by atoms with Gasteiger partial charge in [0.15, 0.2) is 0 Å². The molecule has 2 aromatic rings. The predicted octanol–water partition coefficient (Wildman–Crippen LogP) is 2.98. The van der Waals surface area contributed by atoms with Crippen molar-refractivity contribution in [1.82, 2.24) is 4.98 Å². The Morgan fingerprint density at radius 3 is 2.68 bits per heavy atom. The van der Waals surface area contributed by atoms with Gasteiger partial charge < -0.3 is 4.74 Å². The highest BCUT2D eigenvalue weighted by molar-refractivity contribution is 5.72. The van der Waals surface area contributed by atoms with Crippen LogP contribution in [-0.2, 0) is 22.6 Å². The molecule has 2 rings (SSSR count). The van der Waals surface area contributed by atoms with Gasteiger partial charge in [-0.05, 0) is 31.0 Å². The number of aromatic nitrogens is 1. The molecule has 19 heavy (non-hydrogen) atoms. The van der Waals surface area contributed by atoms with Crippen LogP contribution in [0.5, 0.6) is 0 Å². The highest BCUT2D eigenvalue weighted by Gasteiger charge is 2.05. The topological polar surface area (TPSA) is 39.2 Å². The number of hydrogen-bond donors (Lipinski definition) is 0. The van der Waals surface area contributed by atoms with E-state index in [1.54, 1.807) is 6.20 Å². The van der Waals surface area contributed by atoms with Crippen molar-refractivity contribution in [2.24, 2.45) is 0 Å². The number of ether oxygens (including phenoxy) is 1. The first-order valence-corrected chi connectivity index (χ1v) is 6.26. The monoisotopic (exact) mass is 255 g/mol. The summed E-state index contributed by atoms with van der Waals surface area (Å²) in [6, 6.07) is 11.7. The lowest BCUT2D eigenvalue weighted by Gasteiger charge is -2.06. The summed E-state index contributed by atoms with van der Waals surface area (Å²) in [5, 5.41) is 0. The Morgan fingerprint density at radius 1 is 1.16 bits per heavy atom. The van der Waals surface area contributed by atoms with Gasteiger partial charge in [0, 0.05) is 11.9 Å². The molecule has 0 atom stereocenters. The zero-order valence-electron chi connectivity index (χ0n) is 11.2. The van der Waals surface area contributed by atoms with Crippen molar-refractivity contribution >= 4 is 5.97 Å². The highest BCUT2D eigenvalue weighted by Crippen LogP contribution is 2.07. The Hall–Kier alpha value is -2.16. The summed E-state index contributed by atoms with van der Waals surface area (Å²) in [6.07, 6.45) is 1.97. The minimum absolute atomic E-state index is 0.229. The number of rotatable bonds is 4. The van der Waals surface area contributed by atoms with E-state index in [-0.39, 0.29) is 12.4 Å². The molecule has 0 N–H and O–H groups in total. The number of esters is 1. The number of carbonyl (C=O) groups is 1. The van der Waals surface area contributed by atoms with Gasteiger partial charge in [-0.2, -0.15) is 0 Å². The maximum Gasteiger partial charge on any atom is 0.310 e. The molecule has 3 nitrogen and oxygen atoms in total. The SMILES string of the molecule is Cc1cccc(COC(=O)Cc2ccc(C)nc2)c1. The molecule has 0 bridgehead atoms. The van der Waals surface area contributed by atoms with Crippen LogP contribution in [0.1, 0.15) is 22.4 Å². The van der Waals surface area contributed by atoms with Crippen LogP contribution in [-0.4, -0.2) is 11.0 Å². The van der Waals surface area contributed by atoms with E-state index in [4.69, 9.17) is 4.74 Å². The fraction of sp³-hybridized carbons (Fsp3) is 0.250. The number of benzene rings is 1. The van der Waals surface area contributed by atoms with Crippen molar-refractivity contribution in [3.05, 3.63) is 65.0 Å². The van der Waals surface area contributed by atoms with Gasteiger partial charge in [-0.3, -0.25) is 9.78 Å².